The van der Waals surface area contributed by atoms with Gasteiger partial charge >= 0.3 is 0 Å². The molecule has 2 rings (SSSR count). The number of rotatable bonds is 6. The van der Waals surface area contributed by atoms with Crippen LogP contribution in [0.4, 0.5) is 10.1 Å². The summed E-state index contributed by atoms with van der Waals surface area (Å²) in [6.45, 7) is 0. The van der Waals surface area contributed by atoms with Crippen LogP contribution in [0.2, 0.25) is 0 Å². The molecule has 0 aromatic heterocycles. The van der Waals surface area contributed by atoms with E-state index >= 15 is 0 Å². The molecule has 0 atom stereocenters. The first kappa shape index (κ1) is 19.6. The zero-order valence-corrected chi connectivity index (χ0v) is 15.8. The van der Waals surface area contributed by atoms with Gasteiger partial charge in [-0.1, -0.05) is 12.1 Å². The van der Waals surface area contributed by atoms with Crippen molar-refractivity contribution in [3.05, 3.63) is 51.3 Å². The minimum absolute atomic E-state index is 0.000403. The Labute approximate surface area is 162 Å². The van der Waals surface area contributed by atoms with E-state index in [4.69, 9.17) is 4.74 Å². The average molecular weight is 471 g/mol. The number of aromatic hydroxyl groups is 1. The maximum Gasteiger partial charge on any atom is 0.249 e. The number of methoxy groups -OCH3 is 1. The molecule has 26 heavy (non-hydrogen) atoms. The van der Waals surface area contributed by atoms with Gasteiger partial charge in [0.1, 0.15) is 12.2 Å². The Hall–Kier alpha value is -2.69. The molecule has 0 fully saturated rings. The lowest BCUT2D eigenvalue weighted by atomic mass is 10.2. The van der Waals surface area contributed by atoms with Crippen LogP contribution in [0.15, 0.2) is 41.5 Å². The van der Waals surface area contributed by atoms with Crippen LogP contribution in [0.5, 0.6) is 11.5 Å². The molecule has 136 valence electrons. The van der Waals surface area contributed by atoms with Crippen molar-refractivity contribution >= 4 is 46.3 Å². The Morgan fingerprint density at radius 2 is 2.04 bits per heavy atom. The molecule has 3 N–H and O–H groups in total. The second-order valence-electron chi connectivity index (χ2n) is 5.05. The predicted octanol–water partition coefficient (Wildman–Crippen LogP) is 2.62. The van der Waals surface area contributed by atoms with E-state index in [0.29, 0.717) is 9.13 Å². The lowest BCUT2D eigenvalue weighted by molar-refractivity contribution is -0.126. The van der Waals surface area contributed by atoms with Crippen LogP contribution in [0.25, 0.3) is 0 Å². The Bertz CT molecular complexity index is 858. The summed E-state index contributed by atoms with van der Waals surface area (Å²) >= 11 is 1.93. The summed E-state index contributed by atoms with van der Waals surface area (Å²) < 4.78 is 19.0. The number of halogens is 2. The van der Waals surface area contributed by atoms with E-state index in [9.17, 15) is 19.1 Å². The van der Waals surface area contributed by atoms with Crippen LogP contribution in [0, 0.1) is 9.39 Å². The number of hydrogen-bond donors (Lipinski definition) is 3. The molecule has 2 aromatic carbocycles. The van der Waals surface area contributed by atoms with Gasteiger partial charge in [-0.2, -0.15) is 5.10 Å². The summed E-state index contributed by atoms with van der Waals surface area (Å²) in [5.74, 6) is -1.62. The number of hydrazone groups is 1. The highest BCUT2D eigenvalue weighted by molar-refractivity contribution is 14.1. The first-order valence-electron chi connectivity index (χ1n) is 7.33. The topological polar surface area (TPSA) is 100 Å². The van der Waals surface area contributed by atoms with Crippen molar-refractivity contribution in [3.63, 3.8) is 0 Å². The minimum atomic E-state index is -0.663. The number of nitrogens with zero attached hydrogens (tertiary/aromatic N) is 1. The van der Waals surface area contributed by atoms with E-state index in [1.165, 1.54) is 37.6 Å². The van der Waals surface area contributed by atoms with Crippen molar-refractivity contribution in [3.8, 4) is 11.5 Å². The summed E-state index contributed by atoms with van der Waals surface area (Å²) in [5.41, 5.74) is 2.79. The zero-order chi connectivity index (χ0) is 19.1. The Morgan fingerprint density at radius 1 is 1.31 bits per heavy atom. The minimum Gasteiger partial charge on any atom is -0.504 e. The van der Waals surface area contributed by atoms with Crippen molar-refractivity contribution in [1.29, 1.82) is 0 Å². The Balaban J connectivity index is 1.90. The van der Waals surface area contributed by atoms with E-state index in [1.807, 2.05) is 22.6 Å². The predicted molar refractivity (Wildman–Crippen MR) is 103 cm³/mol. The lowest BCUT2D eigenvalue weighted by Crippen LogP contribution is -2.24. The van der Waals surface area contributed by atoms with Gasteiger partial charge in [0.25, 0.3) is 0 Å². The second-order valence-corrected chi connectivity index (χ2v) is 6.21. The molecule has 0 spiro atoms. The van der Waals surface area contributed by atoms with Crippen LogP contribution in [-0.4, -0.2) is 30.2 Å². The SMILES string of the molecule is COc1cc(/C=N/NC(=O)CC(=O)Nc2ccccc2F)cc(I)c1O. The number of amides is 2. The summed E-state index contributed by atoms with van der Waals surface area (Å²) in [7, 11) is 1.42. The van der Waals surface area contributed by atoms with Gasteiger partial charge in [0.15, 0.2) is 11.5 Å². The van der Waals surface area contributed by atoms with E-state index in [-0.39, 0.29) is 17.2 Å². The first-order valence-corrected chi connectivity index (χ1v) is 8.41. The van der Waals surface area contributed by atoms with Gasteiger partial charge in [0, 0.05) is 0 Å². The van der Waals surface area contributed by atoms with Gasteiger partial charge in [-0.25, -0.2) is 9.82 Å². The number of ether oxygens (including phenoxy) is 1. The normalized spacial score (nSPS) is 10.6. The fraction of sp³-hybridized carbons (Fsp3) is 0.118. The molecule has 0 aliphatic rings. The molecule has 0 saturated carbocycles. The van der Waals surface area contributed by atoms with Gasteiger partial charge in [0.05, 0.1) is 22.6 Å². The third-order valence-electron chi connectivity index (χ3n) is 3.14. The maximum atomic E-state index is 13.4. The quantitative estimate of drug-likeness (QED) is 0.261. The fourth-order valence-electron chi connectivity index (χ4n) is 1.95. The maximum absolute atomic E-state index is 13.4. The highest BCUT2D eigenvalue weighted by Crippen LogP contribution is 2.31. The van der Waals surface area contributed by atoms with Crippen LogP contribution >= 0.6 is 22.6 Å². The van der Waals surface area contributed by atoms with Crippen LogP contribution in [0.1, 0.15) is 12.0 Å². The highest BCUT2D eigenvalue weighted by atomic mass is 127. The van der Waals surface area contributed by atoms with Crippen molar-refractivity contribution in [2.45, 2.75) is 6.42 Å². The monoisotopic (exact) mass is 471 g/mol. The largest absolute Gasteiger partial charge is 0.504 e. The molecule has 0 bridgehead atoms. The van der Waals surface area contributed by atoms with Crippen LogP contribution < -0.4 is 15.5 Å². The number of phenolic OH excluding ortho intramolecular Hbond substituents is 1. The molecule has 7 nitrogen and oxygen atoms in total. The molecule has 0 heterocycles. The number of carbonyl (C=O) groups excluding carboxylic acids is 2. The summed E-state index contributed by atoms with van der Waals surface area (Å²) in [6, 6.07) is 8.83. The lowest BCUT2D eigenvalue weighted by Gasteiger charge is -2.06. The molecular weight excluding hydrogens is 456 g/mol. The summed E-state index contributed by atoms with van der Waals surface area (Å²) in [5, 5.41) is 15.8. The second kappa shape index (κ2) is 9.13. The number of benzene rings is 2. The smallest absolute Gasteiger partial charge is 0.249 e. The molecule has 0 aliphatic carbocycles. The van der Waals surface area contributed by atoms with E-state index in [1.54, 1.807) is 12.1 Å². The Morgan fingerprint density at radius 3 is 2.73 bits per heavy atom. The molecule has 0 aliphatic heterocycles. The van der Waals surface area contributed by atoms with Gasteiger partial charge in [-0.15, -0.1) is 0 Å². The van der Waals surface area contributed by atoms with Gasteiger partial charge in [0.2, 0.25) is 11.8 Å². The summed E-state index contributed by atoms with van der Waals surface area (Å²) in [6.07, 6.45) is 0.832. The van der Waals surface area contributed by atoms with E-state index in [0.717, 1.165) is 0 Å². The number of nitrogens with one attached hydrogen (secondary N) is 2. The summed E-state index contributed by atoms with van der Waals surface area (Å²) in [4.78, 5) is 23.5. The van der Waals surface area contributed by atoms with Crippen LogP contribution in [-0.2, 0) is 9.59 Å². The molecule has 2 amide bonds. The Kier molecular flexibility index (Phi) is 6.89. The van der Waals surface area contributed by atoms with Crippen molar-refractivity contribution < 1.29 is 23.8 Å². The number of carbonyl (C=O) groups is 2. The zero-order valence-electron chi connectivity index (χ0n) is 13.6. The van der Waals surface area contributed by atoms with Crippen LogP contribution in [0.3, 0.4) is 0 Å². The highest BCUT2D eigenvalue weighted by Gasteiger charge is 2.11. The average Bonchev–Trinajstić information content (AvgIpc) is 2.59. The molecule has 0 unspecified atom stereocenters. The number of para-hydroxylation sites is 1. The number of phenols is 1. The third-order valence-corrected chi connectivity index (χ3v) is 3.96. The molecular formula is C17H15FIN3O4. The fourth-order valence-corrected chi connectivity index (χ4v) is 2.57. The molecule has 0 radical (unpaired) electrons. The molecule has 2 aromatic rings. The molecule has 9 heteroatoms. The van der Waals surface area contributed by atoms with Gasteiger partial charge in [-0.3, -0.25) is 9.59 Å². The third kappa shape index (κ3) is 5.41. The van der Waals surface area contributed by atoms with Gasteiger partial charge in [-0.05, 0) is 52.4 Å². The van der Waals surface area contributed by atoms with E-state index < -0.39 is 24.1 Å². The van der Waals surface area contributed by atoms with Gasteiger partial charge < -0.3 is 15.2 Å². The first-order chi connectivity index (χ1) is 12.4. The standard InChI is InChI=1S/C17H15FIN3O4/c1-26-14-7-10(6-12(19)17(14)25)9-20-22-16(24)8-15(23)21-13-5-3-2-4-11(13)18/h2-7,9,25H,8H2,1H3,(H,21,23)(H,22,24)/b20-9+. The number of hydrogen-bond acceptors (Lipinski definition) is 5. The number of anilines is 1. The van der Waals surface area contributed by atoms with Crippen molar-refractivity contribution in [1.82, 2.24) is 5.43 Å². The van der Waals surface area contributed by atoms with Crippen molar-refractivity contribution in [2.75, 3.05) is 12.4 Å². The molecule has 0 saturated heterocycles. The van der Waals surface area contributed by atoms with E-state index in [2.05, 4.69) is 15.8 Å². The van der Waals surface area contributed by atoms with Crippen molar-refractivity contribution in [2.24, 2.45) is 5.10 Å².